The molecule has 0 fully saturated rings. The summed E-state index contributed by atoms with van der Waals surface area (Å²) in [6, 6.07) is 0. The van der Waals surface area contributed by atoms with Gasteiger partial charge in [-0.05, 0) is 27.7 Å². The molecule has 0 aliphatic heterocycles. The van der Waals surface area contributed by atoms with Crippen LogP contribution in [0, 0.1) is 6.92 Å². The van der Waals surface area contributed by atoms with Crippen molar-refractivity contribution >= 4 is 11.3 Å². The summed E-state index contributed by atoms with van der Waals surface area (Å²) in [4.78, 5) is 5.52. The second-order valence-corrected chi connectivity index (χ2v) is 5.10. The van der Waals surface area contributed by atoms with Gasteiger partial charge in [0, 0.05) is 24.6 Å². The SMILES string of the molecule is CCOC(C)(C)CNCc1scnc1C. The summed E-state index contributed by atoms with van der Waals surface area (Å²) >= 11 is 1.70. The molecule has 3 nitrogen and oxygen atoms in total. The monoisotopic (exact) mass is 228 g/mol. The Kier molecular flexibility index (Phi) is 4.70. The first-order valence-electron chi connectivity index (χ1n) is 5.29. The minimum atomic E-state index is -0.0899. The highest BCUT2D eigenvalue weighted by atomic mass is 32.1. The van der Waals surface area contributed by atoms with Crippen LogP contribution < -0.4 is 5.32 Å². The molecule has 15 heavy (non-hydrogen) atoms. The third-order valence-corrected chi connectivity index (χ3v) is 3.15. The van der Waals surface area contributed by atoms with Gasteiger partial charge in [0.15, 0.2) is 0 Å². The van der Waals surface area contributed by atoms with Gasteiger partial charge < -0.3 is 10.1 Å². The van der Waals surface area contributed by atoms with Crippen molar-refractivity contribution in [3.05, 3.63) is 16.1 Å². The first kappa shape index (κ1) is 12.6. The van der Waals surface area contributed by atoms with E-state index in [1.807, 2.05) is 19.4 Å². The van der Waals surface area contributed by atoms with Crippen molar-refractivity contribution in [1.82, 2.24) is 10.3 Å². The van der Waals surface area contributed by atoms with Crippen molar-refractivity contribution in [2.45, 2.75) is 39.8 Å². The third kappa shape index (κ3) is 4.28. The molecule has 86 valence electrons. The average Bonchev–Trinajstić information content (AvgIpc) is 2.51. The zero-order chi connectivity index (χ0) is 11.3. The van der Waals surface area contributed by atoms with Crippen molar-refractivity contribution in [3.63, 3.8) is 0 Å². The Labute approximate surface area is 95.9 Å². The molecule has 0 radical (unpaired) electrons. The van der Waals surface area contributed by atoms with E-state index in [2.05, 4.69) is 24.1 Å². The number of hydrogen-bond acceptors (Lipinski definition) is 4. The number of hydrogen-bond donors (Lipinski definition) is 1. The molecule has 0 saturated heterocycles. The van der Waals surface area contributed by atoms with E-state index >= 15 is 0 Å². The van der Waals surface area contributed by atoms with Gasteiger partial charge in [-0.15, -0.1) is 11.3 Å². The summed E-state index contributed by atoms with van der Waals surface area (Å²) < 4.78 is 5.60. The highest BCUT2D eigenvalue weighted by molar-refractivity contribution is 7.09. The van der Waals surface area contributed by atoms with Gasteiger partial charge >= 0.3 is 0 Å². The van der Waals surface area contributed by atoms with Gasteiger partial charge in [-0.2, -0.15) is 0 Å². The van der Waals surface area contributed by atoms with E-state index in [-0.39, 0.29) is 5.60 Å². The minimum Gasteiger partial charge on any atom is -0.375 e. The Morgan fingerprint density at radius 3 is 2.80 bits per heavy atom. The van der Waals surface area contributed by atoms with Gasteiger partial charge in [0.25, 0.3) is 0 Å². The lowest BCUT2D eigenvalue weighted by Gasteiger charge is -2.24. The van der Waals surface area contributed by atoms with E-state index in [9.17, 15) is 0 Å². The smallest absolute Gasteiger partial charge is 0.0798 e. The standard InChI is InChI=1S/C11H20N2OS/c1-5-14-11(3,4)7-12-6-10-9(2)13-8-15-10/h8,12H,5-7H2,1-4H3. The first-order valence-corrected chi connectivity index (χ1v) is 6.17. The van der Waals surface area contributed by atoms with Crippen LogP contribution in [0.25, 0.3) is 0 Å². The predicted octanol–water partition coefficient (Wildman–Crippen LogP) is 2.36. The molecular weight excluding hydrogens is 208 g/mol. The summed E-state index contributed by atoms with van der Waals surface area (Å²) in [5.74, 6) is 0. The number of rotatable bonds is 6. The first-order chi connectivity index (χ1) is 7.05. The van der Waals surface area contributed by atoms with Crippen LogP contribution in [0.1, 0.15) is 31.3 Å². The van der Waals surface area contributed by atoms with E-state index in [0.717, 1.165) is 25.4 Å². The maximum atomic E-state index is 5.60. The number of thiazole rings is 1. The van der Waals surface area contributed by atoms with Gasteiger partial charge in [-0.25, -0.2) is 4.98 Å². The summed E-state index contributed by atoms with van der Waals surface area (Å²) in [5.41, 5.74) is 2.93. The third-order valence-electron chi connectivity index (χ3n) is 2.22. The van der Waals surface area contributed by atoms with E-state index in [0.29, 0.717) is 0 Å². The molecule has 0 unspecified atom stereocenters. The molecule has 1 N–H and O–H groups in total. The van der Waals surface area contributed by atoms with E-state index in [4.69, 9.17) is 4.74 Å². The topological polar surface area (TPSA) is 34.1 Å². The summed E-state index contributed by atoms with van der Waals surface area (Å²) in [6.45, 7) is 10.8. The molecular formula is C11H20N2OS. The second-order valence-electron chi connectivity index (χ2n) is 4.16. The molecule has 1 aromatic rings. The second kappa shape index (κ2) is 5.58. The molecule has 4 heteroatoms. The number of aryl methyl sites for hydroxylation is 1. The van der Waals surface area contributed by atoms with Crippen LogP contribution in [-0.4, -0.2) is 23.7 Å². The van der Waals surface area contributed by atoms with Crippen LogP contribution in [-0.2, 0) is 11.3 Å². The summed E-state index contributed by atoms with van der Waals surface area (Å²) in [7, 11) is 0. The fraction of sp³-hybridized carbons (Fsp3) is 0.727. The van der Waals surface area contributed by atoms with Crippen molar-refractivity contribution < 1.29 is 4.74 Å². The zero-order valence-electron chi connectivity index (χ0n) is 9.96. The van der Waals surface area contributed by atoms with E-state index in [1.54, 1.807) is 11.3 Å². The average molecular weight is 228 g/mol. The lowest BCUT2D eigenvalue weighted by Crippen LogP contribution is -2.37. The molecule has 0 bridgehead atoms. The van der Waals surface area contributed by atoms with Crippen LogP contribution in [0.2, 0.25) is 0 Å². The molecule has 0 amide bonds. The van der Waals surface area contributed by atoms with Crippen LogP contribution in [0.5, 0.6) is 0 Å². The van der Waals surface area contributed by atoms with Crippen LogP contribution in [0.15, 0.2) is 5.51 Å². The Morgan fingerprint density at radius 1 is 1.53 bits per heavy atom. The molecule has 1 rings (SSSR count). The van der Waals surface area contributed by atoms with Gasteiger partial charge in [0.2, 0.25) is 0 Å². The number of ether oxygens (including phenoxy) is 1. The summed E-state index contributed by atoms with van der Waals surface area (Å²) in [6.07, 6.45) is 0. The van der Waals surface area contributed by atoms with E-state index < -0.39 is 0 Å². The minimum absolute atomic E-state index is 0.0899. The molecule has 0 spiro atoms. The van der Waals surface area contributed by atoms with E-state index in [1.165, 1.54) is 4.88 Å². The van der Waals surface area contributed by atoms with Crippen LogP contribution in [0.3, 0.4) is 0 Å². The molecule has 0 aliphatic rings. The van der Waals surface area contributed by atoms with Crippen molar-refractivity contribution in [2.24, 2.45) is 0 Å². The Bertz CT molecular complexity index is 297. The zero-order valence-corrected chi connectivity index (χ0v) is 10.8. The predicted molar refractivity (Wildman–Crippen MR) is 64.3 cm³/mol. The Morgan fingerprint density at radius 2 is 2.27 bits per heavy atom. The van der Waals surface area contributed by atoms with Crippen molar-refractivity contribution in [1.29, 1.82) is 0 Å². The number of aromatic nitrogens is 1. The van der Waals surface area contributed by atoms with Crippen LogP contribution >= 0.6 is 11.3 Å². The molecule has 0 saturated carbocycles. The maximum Gasteiger partial charge on any atom is 0.0798 e. The normalized spacial score (nSPS) is 12.0. The van der Waals surface area contributed by atoms with Gasteiger partial charge in [0.1, 0.15) is 0 Å². The van der Waals surface area contributed by atoms with Crippen molar-refractivity contribution in [2.75, 3.05) is 13.2 Å². The van der Waals surface area contributed by atoms with Crippen molar-refractivity contribution in [3.8, 4) is 0 Å². The Hall–Kier alpha value is -0.450. The van der Waals surface area contributed by atoms with Gasteiger partial charge in [-0.1, -0.05) is 0 Å². The number of nitrogens with one attached hydrogen (secondary N) is 1. The quantitative estimate of drug-likeness (QED) is 0.811. The molecule has 0 aliphatic carbocycles. The van der Waals surface area contributed by atoms with Gasteiger partial charge in [0.05, 0.1) is 16.8 Å². The molecule has 0 aromatic carbocycles. The highest BCUT2D eigenvalue weighted by Gasteiger charge is 2.16. The molecule has 0 atom stereocenters. The summed E-state index contributed by atoms with van der Waals surface area (Å²) in [5, 5.41) is 3.40. The largest absolute Gasteiger partial charge is 0.375 e. The maximum absolute atomic E-state index is 5.60. The van der Waals surface area contributed by atoms with Crippen LogP contribution in [0.4, 0.5) is 0 Å². The Balaban J connectivity index is 2.30. The van der Waals surface area contributed by atoms with Gasteiger partial charge in [-0.3, -0.25) is 0 Å². The fourth-order valence-electron chi connectivity index (χ4n) is 1.41. The fourth-order valence-corrected chi connectivity index (χ4v) is 2.16. The number of nitrogens with zero attached hydrogens (tertiary/aromatic N) is 1. The molecule has 1 aromatic heterocycles. The molecule has 1 heterocycles. The lowest BCUT2D eigenvalue weighted by molar-refractivity contribution is -0.00894. The highest BCUT2D eigenvalue weighted by Crippen LogP contribution is 2.12. The lowest BCUT2D eigenvalue weighted by atomic mass is 10.1.